The summed E-state index contributed by atoms with van der Waals surface area (Å²) in [6, 6.07) is 0. The number of carbonyl (C=O) groups is 3. The molecule has 0 spiro atoms. The number of hydrogen-bond donors (Lipinski definition) is 3. The zero-order chi connectivity index (χ0) is 15.5. The number of aliphatic carboxylic acids is 3. The van der Waals surface area contributed by atoms with Crippen molar-refractivity contribution in [3.8, 4) is 0 Å². The van der Waals surface area contributed by atoms with E-state index >= 15 is 0 Å². The van der Waals surface area contributed by atoms with Crippen LogP contribution in [0.25, 0.3) is 0 Å². The van der Waals surface area contributed by atoms with Gasteiger partial charge in [-0.05, 0) is 20.8 Å². The number of carbonyl (C=O) groups excluding carboxylic acids is 3. The molecule has 116 valence electrons. The molecular weight excluding hydrogens is 497 g/mol. The molecule has 6 nitrogen and oxygen atoms in total. The molecule has 0 aliphatic heterocycles. The summed E-state index contributed by atoms with van der Waals surface area (Å²) in [6.07, 6.45) is 0. The summed E-state index contributed by atoms with van der Waals surface area (Å²) < 4.78 is 0. The number of hydrogen-bond acceptors (Lipinski definition) is 9. The largest absolute Gasteiger partial charge is 3.00 e. The van der Waals surface area contributed by atoms with E-state index in [0.29, 0.717) is 0 Å². The molecule has 10 heteroatoms. The molecule has 3 unspecified atom stereocenters. The average Bonchev–Trinajstić information content (AvgIpc) is 2.18. The third-order valence-corrected chi connectivity index (χ3v) is 1.66. The van der Waals surface area contributed by atoms with Crippen molar-refractivity contribution in [3.05, 3.63) is 0 Å². The van der Waals surface area contributed by atoms with Crippen LogP contribution in [-0.2, 0) is 36.8 Å². The molecule has 0 aromatic rings. The maximum atomic E-state index is 9.51. The average molecular weight is 512 g/mol. The van der Waals surface area contributed by atoms with Crippen molar-refractivity contribution in [3.63, 3.8) is 0 Å². The molecule has 0 bridgehead atoms. The first kappa shape index (κ1) is 27.5. The Morgan fingerprint density at radius 2 is 0.737 bits per heavy atom. The quantitative estimate of drug-likeness (QED) is 0.277. The summed E-state index contributed by atoms with van der Waals surface area (Å²) in [5.41, 5.74) is 0. The zero-order valence-corrected chi connectivity index (χ0v) is 15.2. The van der Waals surface area contributed by atoms with E-state index < -0.39 is 33.7 Å². The minimum Gasteiger partial charge on any atom is -0.549 e. The molecule has 0 aromatic heterocycles. The molecule has 0 fully saturated rings. The Labute approximate surface area is 144 Å². The summed E-state index contributed by atoms with van der Waals surface area (Å²) in [5, 5.41) is 26.6. The molecule has 0 aliphatic carbocycles. The van der Waals surface area contributed by atoms with Crippen molar-refractivity contribution >= 4 is 55.8 Å². The Morgan fingerprint density at radius 3 is 0.737 bits per heavy atom. The number of thiol groups is 3. The van der Waals surface area contributed by atoms with Crippen molar-refractivity contribution < 1.29 is 52.1 Å². The molecule has 3 atom stereocenters. The van der Waals surface area contributed by atoms with Gasteiger partial charge in [0.25, 0.3) is 0 Å². The van der Waals surface area contributed by atoms with Gasteiger partial charge in [0.15, 0.2) is 0 Å². The molecule has 0 saturated carbocycles. The number of rotatable bonds is 3. The van der Waals surface area contributed by atoms with E-state index in [4.69, 9.17) is 0 Å². The summed E-state index contributed by atoms with van der Waals surface area (Å²) >= 11 is 10.6. The van der Waals surface area contributed by atoms with E-state index in [9.17, 15) is 29.7 Å². The van der Waals surface area contributed by atoms with Crippen LogP contribution >= 0.6 is 37.9 Å². The Balaban J connectivity index is -0.0000000865. The van der Waals surface area contributed by atoms with E-state index in [-0.39, 0.29) is 22.4 Å². The molecule has 0 amide bonds. The number of carboxylic acids is 3. The molecular formula is C9H15AuO6S3. The van der Waals surface area contributed by atoms with Gasteiger partial charge in [0, 0.05) is 15.7 Å². The van der Waals surface area contributed by atoms with Crippen LogP contribution in [0, 0.1) is 0 Å². The molecule has 0 N–H and O–H groups in total. The predicted molar refractivity (Wildman–Crippen MR) is 70.4 cm³/mol. The van der Waals surface area contributed by atoms with Gasteiger partial charge in [-0.2, -0.15) is 37.9 Å². The molecule has 0 aromatic carbocycles. The van der Waals surface area contributed by atoms with E-state index in [1.807, 2.05) is 0 Å². The van der Waals surface area contributed by atoms with Crippen molar-refractivity contribution in [2.45, 2.75) is 36.5 Å². The van der Waals surface area contributed by atoms with E-state index in [1.165, 1.54) is 20.8 Å². The van der Waals surface area contributed by atoms with Crippen molar-refractivity contribution in [1.82, 2.24) is 0 Å². The van der Waals surface area contributed by atoms with E-state index in [1.54, 1.807) is 0 Å². The summed E-state index contributed by atoms with van der Waals surface area (Å²) in [6.45, 7) is 4.33. The molecule has 0 saturated heterocycles. The fourth-order valence-electron chi connectivity index (χ4n) is 0. The molecule has 0 heterocycles. The molecule has 0 aliphatic rings. The van der Waals surface area contributed by atoms with Gasteiger partial charge in [-0.15, -0.1) is 0 Å². The van der Waals surface area contributed by atoms with Gasteiger partial charge >= 0.3 is 22.4 Å². The summed E-state index contributed by atoms with van der Waals surface area (Å²) in [4.78, 5) is 28.5. The van der Waals surface area contributed by atoms with Gasteiger partial charge in [0.2, 0.25) is 0 Å². The van der Waals surface area contributed by atoms with Gasteiger partial charge in [0.1, 0.15) is 0 Å². The van der Waals surface area contributed by atoms with Gasteiger partial charge in [-0.3, -0.25) is 0 Å². The molecule has 19 heavy (non-hydrogen) atoms. The third kappa shape index (κ3) is 32.1. The Kier molecular flexibility index (Phi) is 23.6. The summed E-state index contributed by atoms with van der Waals surface area (Å²) in [7, 11) is 0. The van der Waals surface area contributed by atoms with E-state index in [0.717, 1.165) is 0 Å². The molecule has 0 radical (unpaired) electrons. The second kappa shape index (κ2) is 16.3. The molecule has 0 rings (SSSR count). The third-order valence-electron chi connectivity index (χ3n) is 1.02. The van der Waals surface area contributed by atoms with Crippen LogP contribution < -0.4 is 15.3 Å². The van der Waals surface area contributed by atoms with Crippen molar-refractivity contribution in [2.24, 2.45) is 0 Å². The van der Waals surface area contributed by atoms with Crippen LogP contribution in [0.2, 0.25) is 0 Å². The van der Waals surface area contributed by atoms with Crippen molar-refractivity contribution in [1.29, 1.82) is 0 Å². The maximum Gasteiger partial charge on any atom is 3.00 e. The first-order valence-corrected chi connectivity index (χ1v) is 6.15. The smallest absolute Gasteiger partial charge is 0.549 e. The van der Waals surface area contributed by atoms with E-state index in [2.05, 4.69) is 37.9 Å². The van der Waals surface area contributed by atoms with Crippen LogP contribution in [0.4, 0.5) is 0 Å². The zero-order valence-electron chi connectivity index (χ0n) is 10.3. The van der Waals surface area contributed by atoms with Crippen LogP contribution in [0.3, 0.4) is 0 Å². The van der Waals surface area contributed by atoms with Crippen LogP contribution in [-0.4, -0.2) is 33.7 Å². The van der Waals surface area contributed by atoms with Gasteiger partial charge in [-0.25, -0.2) is 0 Å². The normalized spacial score (nSPS) is 12.9. The Morgan fingerprint density at radius 1 is 0.684 bits per heavy atom. The van der Waals surface area contributed by atoms with Gasteiger partial charge in [0.05, 0.1) is 17.9 Å². The SMILES string of the molecule is CC(S)C(=O)[O-].CC(S)C(=O)[O-].CC(S)C(=O)[O-].[Au+3]. The van der Waals surface area contributed by atoms with Gasteiger partial charge in [-0.1, -0.05) is 0 Å². The van der Waals surface area contributed by atoms with Crippen LogP contribution in [0.1, 0.15) is 20.8 Å². The first-order chi connectivity index (χ1) is 7.93. The topological polar surface area (TPSA) is 120 Å². The van der Waals surface area contributed by atoms with Crippen LogP contribution in [0.15, 0.2) is 0 Å². The van der Waals surface area contributed by atoms with Gasteiger partial charge < -0.3 is 29.7 Å². The maximum absolute atomic E-state index is 9.51. The fourth-order valence-corrected chi connectivity index (χ4v) is 0. The monoisotopic (exact) mass is 512 g/mol. The number of carboxylic acid groups (broad SMARTS) is 3. The first-order valence-electron chi connectivity index (χ1n) is 4.60. The minimum absolute atomic E-state index is 0. The Bertz CT molecular complexity index is 228. The van der Waals surface area contributed by atoms with Crippen molar-refractivity contribution in [2.75, 3.05) is 0 Å². The minimum atomic E-state index is -1.13. The Hall–Kier alpha value is 0.200. The standard InChI is InChI=1S/3C3H6O2S.Au/c3*1-2(6)3(4)5;/h3*2,6H,1H3,(H,4,5);/q;;;+3/p-3. The predicted octanol–water partition coefficient (Wildman–Crippen LogP) is -2.84. The fraction of sp³-hybridized carbons (Fsp3) is 0.667. The van der Waals surface area contributed by atoms with Crippen LogP contribution in [0.5, 0.6) is 0 Å². The second-order valence-corrected chi connectivity index (χ2v) is 5.31. The summed E-state index contributed by atoms with van der Waals surface area (Å²) in [5.74, 6) is -3.38. The second-order valence-electron chi connectivity index (χ2n) is 2.99.